The zero-order valence-corrected chi connectivity index (χ0v) is 15.0. The van der Waals surface area contributed by atoms with Gasteiger partial charge in [-0.1, -0.05) is 32.9 Å². The highest BCUT2D eigenvalue weighted by Crippen LogP contribution is 2.30. The Morgan fingerprint density at radius 1 is 1.21 bits per heavy atom. The van der Waals surface area contributed by atoms with Gasteiger partial charge in [-0.3, -0.25) is 9.59 Å². The van der Waals surface area contributed by atoms with Crippen molar-refractivity contribution in [3.05, 3.63) is 46.2 Å². The summed E-state index contributed by atoms with van der Waals surface area (Å²) in [6, 6.07) is 7.89. The maximum atomic E-state index is 12.3. The number of hydrogen-bond acceptors (Lipinski definition) is 4. The molecule has 1 heterocycles. The molecule has 0 aliphatic rings. The average molecular weight is 346 g/mol. The van der Waals surface area contributed by atoms with Crippen molar-refractivity contribution < 1.29 is 14.7 Å². The summed E-state index contributed by atoms with van der Waals surface area (Å²) < 4.78 is 0. The zero-order valence-electron chi connectivity index (χ0n) is 14.2. The monoisotopic (exact) mass is 346 g/mol. The normalized spacial score (nSPS) is 12.5. The van der Waals surface area contributed by atoms with Gasteiger partial charge < -0.3 is 15.7 Å². The van der Waals surface area contributed by atoms with Gasteiger partial charge in [0.15, 0.2) is 0 Å². The summed E-state index contributed by atoms with van der Waals surface area (Å²) in [5.74, 6) is -0.685. The minimum absolute atomic E-state index is 0.00636. The molecule has 0 radical (unpaired) electrons. The molecule has 2 amide bonds. The average Bonchev–Trinajstić information content (AvgIpc) is 3.02. The highest BCUT2D eigenvalue weighted by Gasteiger charge is 2.20. The van der Waals surface area contributed by atoms with Gasteiger partial charge in [0.2, 0.25) is 5.91 Å². The van der Waals surface area contributed by atoms with Crippen molar-refractivity contribution in [1.82, 2.24) is 5.32 Å². The van der Waals surface area contributed by atoms with Crippen molar-refractivity contribution in [2.45, 2.75) is 39.2 Å². The van der Waals surface area contributed by atoms with Crippen LogP contribution in [0.2, 0.25) is 0 Å². The van der Waals surface area contributed by atoms with Gasteiger partial charge in [-0.25, -0.2) is 0 Å². The number of nitrogens with one attached hydrogen (secondary N) is 2. The van der Waals surface area contributed by atoms with E-state index >= 15 is 0 Å². The summed E-state index contributed by atoms with van der Waals surface area (Å²) in [4.78, 5) is 24.8. The van der Waals surface area contributed by atoms with Crippen LogP contribution in [0.5, 0.6) is 5.75 Å². The summed E-state index contributed by atoms with van der Waals surface area (Å²) >= 11 is 1.31. The first-order chi connectivity index (χ1) is 11.2. The minimum Gasteiger partial charge on any atom is -0.506 e. The van der Waals surface area contributed by atoms with Crippen molar-refractivity contribution in [3.8, 4) is 5.75 Å². The van der Waals surface area contributed by atoms with Crippen LogP contribution in [-0.2, 0) is 10.2 Å². The SMILES string of the molecule is CC(NC(=O)c1cccs1)C(=O)Nc1cc(C(C)(C)C)ccc1O. The highest BCUT2D eigenvalue weighted by molar-refractivity contribution is 7.12. The summed E-state index contributed by atoms with van der Waals surface area (Å²) in [6.07, 6.45) is 0. The van der Waals surface area contributed by atoms with Crippen LogP contribution < -0.4 is 10.6 Å². The molecule has 2 rings (SSSR count). The lowest BCUT2D eigenvalue weighted by atomic mass is 9.87. The van der Waals surface area contributed by atoms with Gasteiger partial charge in [0.1, 0.15) is 11.8 Å². The second-order valence-corrected chi connectivity index (χ2v) is 7.59. The molecular weight excluding hydrogens is 324 g/mol. The molecule has 1 aromatic heterocycles. The van der Waals surface area contributed by atoms with Gasteiger partial charge >= 0.3 is 0 Å². The Hall–Kier alpha value is -2.34. The minimum atomic E-state index is -0.725. The number of anilines is 1. The van der Waals surface area contributed by atoms with E-state index in [-0.39, 0.29) is 23.0 Å². The maximum absolute atomic E-state index is 12.3. The fourth-order valence-electron chi connectivity index (χ4n) is 2.08. The Morgan fingerprint density at radius 2 is 1.92 bits per heavy atom. The van der Waals surface area contributed by atoms with Crippen LogP contribution in [0.4, 0.5) is 5.69 Å². The van der Waals surface area contributed by atoms with Gasteiger partial charge in [0.25, 0.3) is 5.91 Å². The van der Waals surface area contributed by atoms with E-state index in [0.29, 0.717) is 10.6 Å². The third kappa shape index (κ3) is 4.35. The number of benzene rings is 1. The summed E-state index contributed by atoms with van der Waals surface area (Å²) in [7, 11) is 0. The Labute approximate surface area is 145 Å². The maximum Gasteiger partial charge on any atom is 0.261 e. The molecule has 1 atom stereocenters. The third-order valence-electron chi connectivity index (χ3n) is 3.61. The van der Waals surface area contributed by atoms with Crippen LogP contribution in [0.1, 0.15) is 42.9 Å². The number of carbonyl (C=O) groups excluding carboxylic acids is 2. The van der Waals surface area contributed by atoms with E-state index in [1.807, 2.05) is 6.07 Å². The Morgan fingerprint density at radius 3 is 2.50 bits per heavy atom. The van der Waals surface area contributed by atoms with Crippen LogP contribution in [0.25, 0.3) is 0 Å². The molecule has 2 aromatic rings. The lowest BCUT2D eigenvalue weighted by Crippen LogP contribution is -2.41. The first kappa shape index (κ1) is 18.0. The molecular formula is C18H22N2O3S. The van der Waals surface area contributed by atoms with Crippen molar-refractivity contribution in [2.75, 3.05) is 5.32 Å². The van der Waals surface area contributed by atoms with Gasteiger partial charge in [0, 0.05) is 0 Å². The van der Waals surface area contributed by atoms with Crippen molar-refractivity contribution in [2.24, 2.45) is 0 Å². The smallest absolute Gasteiger partial charge is 0.261 e. The van der Waals surface area contributed by atoms with E-state index in [1.165, 1.54) is 11.3 Å². The number of thiophene rings is 1. The number of aromatic hydroxyl groups is 1. The van der Waals surface area contributed by atoms with E-state index in [1.54, 1.807) is 36.6 Å². The summed E-state index contributed by atoms with van der Waals surface area (Å²) in [6.45, 7) is 7.75. The molecule has 0 saturated heterocycles. The predicted octanol–water partition coefficient (Wildman–Crippen LogP) is 3.51. The Kier molecular flexibility index (Phi) is 5.29. The molecule has 128 valence electrons. The Bertz CT molecular complexity index is 733. The number of hydrogen-bond donors (Lipinski definition) is 3. The summed E-state index contributed by atoms with van der Waals surface area (Å²) in [5, 5.41) is 17.1. The highest BCUT2D eigenvalue weighted by atomic mass is 32.1. The molecule has 0 bridgehead atoms. The third-order valence-corrected chi connectivity index (χ3v) is 4.47. The quantitative estimate of drug-likeness (QED) is 0.741. The van der Waals surface area contributed by atoms with E-state index in [4.69, 9.17) is 0 Å². The molecule has 0 aliphatic carbocycles. The molecule has 3 N–H and O–H groups in total. The molecule has 0 aliphatic heterocycles. The van der Waals surface area contributed by atoms with E-state index in [2.05, 4.69) is 31.4 Å². The number of phenolic OH excluding ortho intramolecular Hbond substituents is 1. The molecule has 6 heteroatoms. The number of rotatable bonds is 4. The summed E-state index contributed by atoms with van der Waals surface area (Å²) in [5.41, 5.74) is 1.22. The van der Waals surface area contributed by atoms with Gasteiger partial charge in [-0.05, 0) is 41.5 Å². The van der Waals surface area contributed by atoms with E-state index < -0.39 is 6.04 Å². The molecule has 0 saturated carbocycles. The van der Waals surface area contributed by atoms with Crippen molar-refractivity contribution in [3.63, 3.8) is 0 Å². The fraction of sp³-hybridized carbons (Fsp3) is 0.333. The second-order valence-electron chi connectivity index (χ2n) is 6.64. The van der Waals surface area contributed by atoms with Gasteiger partial charge in [-0.15, -0.1) is 11.3 Å². The lowest BCUT2D eigenvalue weighted by Gasteiger charge is -2.21. The predicted molar refractivity (Wildman–Crippen MR) is 96.7 cm³/mol. The Balaban J connectivity index is 2.07. The first-order valence-electron chi connectivity index (χ1n) is 7.67. The molecule has 1 unspecified atom stereocenters. The molecule has 0 spiro atoms. The number of amides is 2. The topological polar surface area (TPSA) is 78.4 Å². The van der Waals surface area contributed by atoms with E-state index in [0.717, 1.165) is 5.56 Å². The van der Waals surface area contributed by atoms with Crippen LogP contribution >= 0.6 is 11.3 Å². The van der Waals surface area contributed by atoms with E-state index in [9.17, 15) is 14.7 Å². The fourth-order valence-corrected chi connectivity index (χ4v) is 2.71. The van der Waals surface area contributed by atoms with Crippen LogP contribution in [0, 0.1) is 0 Å². The van der Waals surface area contributed by atoms with Crippen molar-refractivity contribution in [1.29, 1.82) is 0 Å². The molecule has 24 heavy (non-hydrogen) atoms. The second kappa shape index (κ2) is 7.05. The van der Waals surface area contributed by atoms with Crippen LogP contribution in [0.3, 0.4) is 0 Å². The molecule has 5 nitrogen and oxygen atoms in total. The number of phenols is 1. The van der Waals surface area contributed by atoms with Crippen LogP contribution in [-0.4, -0.2) is 23.0 Å². The molecule has 0 fully saturated rings. The van der Waals surface area contributed by atoms with Gasteiger partial charge in [0.05, 0.1) is 10.6 Å². The van der Waals surface area contributed by atoms with Crippen LogP contribution in [0.15, 0.2) is 35.7 Å². The molecule has 1 aromatic carbocycles. The zero-order chi connectivity index (χ0) is 17.9. The standard InChI is InChI=1S/C18H22N2O3S/c1-11(19-17(23)15-6-5-9-24-15)16(22)20-13-10-12(18(2,3)4)7-8-14(13)21/h5-11,21H,1-4H3,(H,19,23)(H,20,22). The largest absolute Gasteiger partial charge is 0.506 e. The van der Waals surface area contributed by atoms with Crippen molar-refractivity contribution >= 4 is 28.8 Å². The number of carbonyl (C=O) groups is 2. The van der Waals surface area contributed by atoms with Gasteiger partial charge in [-0.2, -0.15) is 0 Å². The first-order valence-corrected chi connectivity index (χ1v) is 8.55. The lowest BCUT2D eigenvalue weighted by molar-refractivity contribution is -0.117.